The van der Waals surface area contributed by atoms with Crippen molar-refractivity contribution in [1.29, 1.82) is 0 Å². The molecule has 1 amide bonds. The number of carboxylic acid groups (broad SMARTS) is 1. The van der Waals surface area contributed by atoms with Crippen LogP contribution in [0.5, 0.6) is 0 Å². The molecule has 0 unspecified atom stereocenters. The smallest absolute Gasteiger partial charge is 0.308 e. The first-order chi connectivity index (χ1) is 9.97. The Labute approximate surface area is 133 Å². The summed E-state index contributed by atoms with van der Waals surface area (Å²) in [5, 5.41) is 10.0. The summed E-state index contributed by atoms with van der Waals surface area (Å²) in [4.78, 5) is 24.6. The van der Waals surface area contributed by atoms with Crippen molar-refractivity contribution in [3.05, 3.63) is 39.9 Å². The van der Waals surface area contributed by atoms with Crippen LogP contribution in [0.15, 0.2) is 24.3 Å². The molecule has 6 heteroatoms. The molecule has 1 aromatic carbocycles. The van der Waals surface area contributed by atoms with Gasteiger partial charge in [-0.1, -0.05) is 29.3 Å². The van der Waals surface area contributed by atoms with E-state index < -0.39 is 11.9 Å². The fourth-order valence-corrected chi connectivity index (χ4v) is 2.75. The Balaban J connectivity index is 2.03. The predicted octanol–water partition coefficient (Wildman–Crippen LogP) is 3.33. The summed E-state index contributed by atoms with van der Waals surface area (Å²) in [5.74, 6) is -1.53. The Morgan fingerprint density at radius 2 is 2.10 bits per heavy atom. The Hall–Kier alpha value is -1.52. The summed E-state index contributed by atoms with van der Waals surface area (Å²) < 4.78 is 0. The first kappa shape index (κ1) is 15.9. The van der Waals surface area contributed by atoms with E-state index in [-0.39, 0.29) is 12.5 Å². The quantitative estimate of drug-likeness (QED) is 0.866. The molecular formula is C15H15Cl2NO3. The highest BCUT2D eigenvalue weighted by molar-refractivity contribution is 6.35. The molecule has 21 heavy (non-hydrogen) atoms. The molecule has 0 radical (unpaired) electrons. The molecule has 0 saturated carbocycles. The third kappa shape index (κ3) is 4.22. The molecular weight excluding hydrogens is 313 g/mol. The van der Waals surface area contributed by atoms with E-state index in [0.29, 0.717) is 35.0 Å². The Bertz CT molecular complexity index is 586. The number of hydrogen-bond donors (Lipinski definition) is 1. The van der Waals surface area contributed by atoms with Crippen LogP contribution in [0.4, 0.5) is 0 Å². The van der Waals surface area contributed by atoms with Crippen molar-refractivity contribution >= 4 is 41.2 Å². The number of carbonyl (C=O) groups excluding carboxylic acids is 1. The second kappa shape index (κ2) is 6.96. The van der Waals surface area contributed by atoms with Crippen LogP contribution in [-0.2, 0) is 9.59 Å². The predicted molar refractivity (Wildman–Crippen MR) is 82.4 cm³/mol. The van der Waals surface area contributed by atoms with Gasteiger partial charge in [0.15, 0.2) is 0 Å². The van der Waals surface area contributed by atoms with Crippen LogP contribution in [0.3, 0.4) is 0 Å². The molecule has 1 saturated heterocycles. The zero-order valence-corrected chi connectivity index (χ0v) is 12.8. The highest BCUT2D eigenvalue weighted by Crippen LogP contribution is 2.22. The number of halogens is 2. The number of rotatable bonds is 3. The lowest BCUT2D eigenvalue weighted by Gasteiger charge is -2.29. The summed E-state index contributed by atoms with van der Waals surface area (Å²) >= 11 is 11.8. The molecule has 0 aromatic heterocycles. The normalized spacial score (nSPS) is 19.0. The molecule has 2 rings (SSSR count). The molecule has 1 fully saturated rings. The van der Waals surface area contributed by atoms with Crippen LogP contribution in [0.25, 0.3) is 6.08 Å². The lowest BCUT2D eigenvalue weighted by atomic mass is 9.98. The van der Waals surface area contributed by atoms with Crippen molar-refractivity contribution in [3.63, 3.8) is 0 Å². The second-order valence-electron chi connectivity index (χ2n) is 4.96. The zero-order chi connectivity index (χ0) is 15.4. The van der Waals surface area contributed by atoms with Gasteiger partial charge in [0.1, 0.15) is 0 Å². The fraction of sp³-hybridized carbons (Fsp3) is 0.333. The van der Waals surface area contributed by atoms with Crippen LogP contribution in [0, 0.1) is 5.92 Å². The standard InChI is InChI=1S/C15H15Cl2NO3/c16-12-5-3-10(13(17)8-12)4-6-14(19)18-7-1-2-11(9-18)15(20)21/h3-6,8,11H,1-2,7,9H2,(H,20,21)/b6-4+/t11-/m1/s1. The number of benzene rings is 1. The summed E-state index contributed by atoms with van der Waals surface area (Å²) in [5.41, 5.74) is 0.696. The third-order valence-electron chi connectivity index (χ3n) is 3.45. The van der Waals surface area contributed by atoms with E-state index in [4.69, 9.17) is 28.3 Å². The first-order valence-electron chi connectivity index (χ1n) is 6.62. The molecule has 1 aliphatic heterocycles. The number of piperidine rings is 1. The van der Waals surface area contributed by atoms with Gasteiger partial charge in [-0.3, -0.25) is 9.59 Å². The van der Waals surface area contributed by atoms with Crippen molar-refractivity contribution in [2.24, 2.45) is 5.92 Å². The molecule has 112 valence electrons. The Kier molecular flexibility index (Phi) is 5.26. The number of amides is 1. The van der Waals surface area contributed by atoms with E-state index in [0.717, 1.165) is 0 Å². The van der Waals surface area contributed by atoms with Crippen LogP contribution in [0.1, 0.15) is 18.4 Å². The van der Waals surface area contributed by atoms with Crippen molar-refractivity contribution in [3.8, 4) is 0 Å². The van der Waals surface area contributed by atoms with Crippen molar-refractivity contribution < 1.29 is 14.7 Å². The molecule has 0 spiro atoms. The van der Waals surface area contributed by atoms with E-state index in [1.54, 1.807) is 29.2 Å². The van der Waals surface area contributed by atoms with Gasteiger partial charge in [0.2, 0.25) is 5.91 Å². The first-order valence-corrected chi connectivity index (χ1v) is 7.38. The Morgan fingerprint density at radius 3 is 2.76 bits per heavy atom. The summed E-state index contributed by atoms with van der Waals surface area (Å²) in [6.45, 7) is 0.841. The largest absolute Gasteiger partial charge is 0.481 e. The lowest BCUT2D eigenvalue weighted by molar-refractivity contribution is -0.144. The minimum absolute atomic E-state index is 0.202. The van der Waals surface area contributed by atoms with Gasteiger partial charge in [0.25, 0.3) is 0 Å². The zero-order valence-electron chi connectivity index (χ0n) is 11.3. The third-order valence-corrected chi connectivity index (χ3v) is 4.01. The highest BCUT2D eigenvalue weighted by Gasteiger charge is 2.27. The number of hydrogen-bond acceptors (Lipinski definition) is 2. The van der Waals surface area contributed by atoms with E-state index in [9.17, 15) is 9.59 Å². The van der Waals surface area contributed by atoms with Crippen LogP contribution >= 0.6 is 23.2 Å². The molecule has 0 bridgehead atoms. The average molecular weight is 328 g/mol. The van der Waals surface area contributed by atoms with Crippen LogP contribution in [-0.4, -0.2) is 35.0 Å². The minimum Gasteiger partial charge on any atom is -0.481 e. The lowest BCUT2D eigenvalue weighted by Crippen LogP contribution is -2.41. The number of nitrogens with zero attached hydrogens (tertiary/aromatic N) is 1. The monoisotopic (exact) mass is 327 g/mol. The van der Waals surface area contributed by atoms with Gasteiger partial charge in [0.05, 0.1) is 5.92 Å². The topological polar surface area (TPSA) is 57.6 Å². The van der Waals surface area contributed by atoms with Gasteiger partial charge in [-0.05, 0) is 36.6 Å². The molecule has 1 heterocycles. The van der Waals surface area contributed by atoms with Gasteiger partial charge in [-0.2, -0.15) is 0 Å². The van der Waals surface area contributed by atoms with Gasteiger partial charge < -0.3 is 10.0 Å². The van der Waals surface area contributed by atoms with E-state index >= 15 is 0 Å². The van der Waals surface area contributed by atoms with Crippen molar-refractivity contribution in [2.45, 2.75) is 12.8 Å². The molecule has 1 aliphatic rings. The maximum atomic E-state index is 12.1. The molecule has 1 atom stereocenters. The van der Waals surface area contributed by atoms with Crippen LogP contribution in [0.2, 0.25) is 10.0 Å². The van der Waals surface area contributed by atoms with Gasteiger partial charge in [-0.15, -0.1) is 0 Å². The van der Waals surface area contributed by atoms with Crippen molar-refractivity contribution in [1.82, 2.24) is 4.90 Å². The second-order valence-corrected chi connectivity index (χ2v) is 5.80. The number of likely N-dealkylation sites (tertiary alicyclic amines) is 1. The molecule has 0 aliphatic carbocycles. The summed E-state index contributed by atoms with van der Waals surface area (Å²) in [6, 6.07) is 5.03. The molecule has 1 aromatic rings. The highest BCUT2D eigenvalue weighted by atomic mass is 35.5. The van der Waals surface area contributed by atoms with Gasteiger partial charge >= 0.3 is 5.97 Å². The van der Waals surface area contributed by atoms with Gasteiger partial charge in [0, 0.05) is 29.2 Å². The number of carboxylic acids is 1. The van der Waals surface area contributed by atoms with E-state index in [2.05, 4.69) is 0 Å². The average Bonchev–Trinajstić information content (AvgIpc) is 2.46. The van der Waals surface area contributed by atoms with E-state index in [1.807, 2.05) is 0 Å². The molecule has 1 N–H and O–H groups in total. The summed E-state index contributed by atoms with van der Waals surface area (Å²) in [7, 11) is 0. The van der Waals surface area contributed by atoms with E-state index in [1.165, 1.54) is 6.08 Å². The SMILES string of the molecule is O=C(O)[C@@H]1CCCN(C(=O)/C=C/c2ccc(Cl)cc2Cl)C1. The van der Waals surface area contributed by atoms with Crippen molar-refractivity contribution in [2.75, 3.05) is 13.1 Å². The molecule has 4 nitrogen and oxygen atoms in total. The fourth-order valence-electron chi connectivity index (χ4n) is 2.28. The van der Waals surface area contributed by atoms with Crippen LogP contribution < -0.4 is 0 Å². The maximum Gasteiger partial charge on any atom is 0.308 e. The summed E-state index contributed by atoms with van der Waals surface area (Å²) in [6.07, 6.45) is 4.36. The minimum atomic E-state index is -0.850. The van der Waals surface area contributed by atoms with Gasteiger partial charge in [-0.25, -0.2) is 0 Å². The number of carbonyl (C=O) groups is 2. The maximum absolute atomic E-state index is 12.1. The number of aliphatic carboxylic acids is 1. The Morgan fingerprint density at radius 1 is 1.33 bits per heavy atom.